The summed E-state index contributed by atoms with van der Waals surface area (Å²) >= 11 is 1.93. The molecular formula is C21H17IN2O. The third kappa shape index (κ3) is 2.74. The fourth-order valence-electron chi connectivity index (χ4n) is 3.26. The van der Waals surface area contributed by atoms with Gasteiger partial charge in [0.25, 0.3) is 0 Å². The zero-order valence-corrected chi connectivity index (χ0v) is 16.2. The molecule has 0 atom stereocenters. The number of rotatable bonds is 3. The van der Waals surface area contributed by atoms with Crippen molar-refractivity contribution in [3.05, 3.63) is 78.1 Å². The Morgan fingerprint density at radius 3 is 2.36 bits per heavy atom. The Kier molecular flexibility index (Phi) is 4.07. The molecule has 2 aromatic carbocycles. The van der Waals surface area contributed by atoms with Crippen LogP contribution >= 0.6 is 23.0 Å². The van der Waals surface area contributed by atoms with Gasteiger partial charge in [-0.3, -0.25) is 4.98 Å². The second-order valence-corrected chi connectivity index (χ2v) is 7.05. The first-order valence-electron chi connectivity index (χ1n) is 8.14. The highest BCUT2D eigenvalue weighted by Gasteiger charge is 2.28. The lowest BCUT2D eigenvalue weighted by Crippen LogP contribution is -2.21. The van der Waals surface area contributed by atoms with E-state index in [9.17, 15) is 0 Å². The van der Waals surface area contributed by atoms with Crippen molar-refractivity contribution in [2.75, 3.05) is 0 Å². The second-order valence-electron chi connectivity index (χ2n) is 6.61. The van der Waals surface area contributed by atoms with Crippen molar-refractivity contribution in [3.8, 4) is 5.75 Å². The van der Waals surface area contributed by atoms with Gasteiger partial charge >= 0.3 is 0 Å². The van der Waals surface area contributed by atoms with E-state index in [2.05, 4.69) is 55.2 Å². The average Bonchev–Trinajstić information content (AvgIpc) is 2.67. The van der Waals surface area contributed by atoms with Crippen molar-refractivity contribution in [3.63, 3.8) is 0 Å². The number of para-hydroxylation sites is 1. The van der Waals surface area contributed by atoms with Crippen LogP contribution in [0.5, 0.6) is 5.75 Å². The zero-order chi connectivity index (χ0) is 17.4. The highest BCUT2D eigenvalue weighted by atomic mass is 127. The molecule has 0 unspecified atom stereocenters. The first-order valence-corrected chi connectivity index (χ1v) is 9.02. The van der Waals surface area contributed by atoms with Crippen LogP contribution in [-0.2, 0) is 5.41 Å². The van der Waals surface area contributed by atoms with Crippen LogP contribution < -0.4 is 3.07 Å². The Bertz CT molecular complexity index is 1080. The monoisotopic (exact) mass is 440 g/mol. The van der Waals surface area contributed by atoms with Crippen LogP contribution in [-0.4, -0.2) is 9.97 Å². The van der Waals surface area contributed by atoms with Crippen LogP contribution in [0.15, 0.2) is 66.9 Å². The largest absolute Gasteiger partial charge is 0.427 e. The van der Waals surface area contributed by atoms with Gasteiger partial charge in [0.1, 0.15) is 5.75 Å². The normalized spacial score (nSPS) is 11.8. The quantitative estimate of drug-likeness (QED) is 0.297. The predicted octanol–water partition coefficient (Wildman–Crippen LogP) is 5.84. The van der Waals surface area contributed by atoms with Crippen LogP contribution in [0.4, 0.5) is 0 Å². The van der Waals surface area contributed by atoms with Crippen molar-refractivity contribution in [1.29, 1.82) is 0 Å². The van der Waals surface area contributed by atoms with Crippen molar-refractivity contribution < 1.29 is 3.07 Å². The van der Waals surface area contributed by atoms with Crippen molar-refractivity contribution in [1.82, 2.24) is 9.97 Å². The summed E-state index contributed by atoms with van der Waals surface area (Å²) in [6, 6.07) is 20.6. The van der Waals surface area contributed by atoms with E-state index in [0.717, 1.165) is 38.8 Å². The first-order chi connectivity index (χ1) is 12.1. The molecule has 0 bridgehead atoms. The van der Waals surface area contributed by atoms with Gasteiger partial charge in [-0.2, -0.15) is 0 Å². The Morgan fingerprint density at radius 1 is 0.840 bits per heavy atom. The number of pyridine rings is 2. The minimum absolute atomic E-state index is 0.285. The number of nitrogens with zero attached hydrogens (tertiary/aromatic N) is 2. The summed E-state index contributed by atoms with van der Waals surface area (Å²) in [5.41, 5.74) is 3.71. The number of hydrogen-bond acceptors (Lipinski definition) is 3. The predicted molar refractivity (Wildman–Crippen MR) is 110 cm³/mol. The molecule has 4 heteroatoms. The minimum atomic E-state index is -0.285. The molecule has 0 radical (unpaired) electrons. The van der Waals surface area contributed by atoms with Gasteiger partial charge in [-0.15, -0.1) is 0 Å². The topological polar surface area (TPSA) is 35.0 Å². The molecule has 0 fully saturated rings. The summed E-state index contributed by atoms with van der Waals surface area (Å²) in [4.78, 5) is 9.56. The lowest BCUT2D eigenvalue weighted by Gasteiger charge is -2.26. The lowest BCUT2D eigenvalue weighted by atomic mass is 9.80. The molecule has 2 heterocycles. The van der Waals surface area contributed by atoms with Gasteiger partial charge < -0.3 is 3.07 Å². The van der Waals surface area contributed by atoms with Crippen molar-refractivity contribution >= 4 is 44.8 Å². The molecule has 0 saturated carbocycles. The molecule has 0 amide bonds. The molecule has 0 aliphatic carbocycles. The molecule has 0 N–H and O–H groups in total. The van der Waals surface area contributed by atoms with E-state index in [0.29, 0.717) is 0 Å². The van der Waals surface area contributed by atoms with Gasteiger partial charge in [0.05, 0.1) is 16.7 Å². The maximum Gasteiger partial charge on any atom is 0.192 e. The third-order valence-electron chi connectivity index (χ3n) is 4.72. The van der Waals surface area contributed by atoms with E-state index >= 15 is 0 Å². The van der Waals surface area contributed by atoms with Crippen LogP contribution in [0.25, 0.3) is 21.8 Å². The smallest absolute Gasteiger partial charge is 0.192 e. The van der Waals surface area contributed by atoms with E-state index in [1.165, 1.54) is 0 Å². The molecule has 3 nitrogen and oxygen atoms in total. The van der Waals surface area contributed by atoms with Crippen molar-refractivity contribution in [2.45, 2.75) is 19.3 Å². The average molecular weight is 440 g/mol. The fraction of sp³-hybridized carbons (Fsp3) is 0.143. The van der Waals surface area contributed by atoms with E-state index in [-0.39, 0.29) is 5.41 Å². The van der Waals surface area contributed by atoms with E-state index < -0.39 is 0 Å². The lowest BCUT2D eigenvalue weighted by molar-refractivity contribution is 0.586. The van der Waals surface area contributed by atoms with Gasteiger partial charge in [-0.05, 0) is 18.2 Å². The fourth-order valence-corrected chi connectivity index (χ4v) is 3.64. The van der Waals surface area contributed by atoms with Gasteiger partial charge in [-0.1, -0.05) is 56.3 Å². The number of benzene rings is 2. The number of fused-ring (bicyclic) bond motifs is 3. The molecule has 2 aromatic heterocycles. The molecule has 4 rings (SSSR count). The van der Waals surface area contributed by atoms with Crippen LogP contribution in [0.3, 0.4) is 0 Å². The van der Waals surface area contributed by atoms with Gasteiger partial charge in [-0.25, -0.2) is 4.98 Å². The van der Waals surface area contributed by atoms with E-state index in [4.69, 9.17) is 8.05 Å². The molecular weight excluding hydrogens is 423 g/mol. The van der Waals surface area contributed by atoms with Gasteiger partial charge in [0.2, 0.25) is 0 Å². The first kappa shape index (κ1) is 16.3. The molecule has 0 saturated heterocycles. The summed E-state index contributed by atoms with van der Waals surface area (Å²) < 4.78 is 5.54. The van der Waals surface area contributed by atoms with Gasteiger partial charge in [0.15, 0.2) is 23.0 Å². The SMILES string of the molecule is CC(C)(c1ccc2ccc3cccnc3c2n1)c1ccccc1OI. The van der Waals surface area contributed by atoms with E-state index in [1.54, 1.807) is 0 Å². The van der Waals surface area contributed by atoms with Gasteiger partial charge in [0, 0.05) is 27.9 Å². The van der Waals surface area contributed by atoms with Crippen LogP contribution in [0, 0.1) is 0 Å². The standard InChI is InChI=1S/C21H17IN2O/c1-21(2,16-7-3-4-8-17(16)25-22)18-12-11-15-10-9-14-6-5-13-23-19(14)20(15)24-18/h3-13H,1-2H3. The summed E-state index contributed by atoms with van der Waals surface area (Å²) in [7, 11) is 0. The summed E-state index contributed by atoms with van der Waals surface area (Å²) in [6.07, 6.45) is 1.82. The summed E-state index contributed by atoms with van der Waals surface area (Å²) in [6.45, 7) is 4.35. The Morgan fingerprint density at radius 2 is 1.56 bits per heavy atom. The van der Waals surface area contributed by atoms with Crippen molar-refractivity contribution in [2.24, 2.45) is 0 Å². The minimum Gasteiger partial charge on any atom is -0.427 e. The Labute approximate surface area is 160 Å². The molecule has 0 aliphatic heterocycles. The second kappa shape index (κ2) is 6.26. The maximum atomic E-state index is 5.54. The summed E-state index contributed by atoms with van der Waals surface area (Å²) in [5, 5.41) is 2.21. The Balaban J connectivity index is 1.95. The summed E-state index contributed by atoms with van der Waals surface area (Å²) in [5.74, 6) is 0.867. The molecule has 4 aromatic rings. The highest BCUT2D eigenvalue weighted by Crippen LogP contribution is 2.38. The zero-order valence-electron chi connectivity index (χ0n) is 14.0. The maximum absolute atomic E-state index is 5.54. The van der Waals surface area contributed by atoms with Crippen LogP contribution in [0.1, 0.15) is 25.1 Å². The molecule has 0 aliphatic rings. The highest BCUT2D eigenvalue weighted by molar-refractivity contribution is 14.1. The van der Waals surface area contributed by atoms with Crippen LogP contribution in [0.2, 0.25) is 0 Å². The number of halogens is 1. The number of aromatic nitrogens is 2. The number of hydrogen-bond donors (Lipinski definition) is 0. The molecule has 124 valence electrons. The molecule has 25 heavy (non-hydrogen) atoms. The molecule has 0 spiro atoms. The third-order valence-corrected chi connectivity index (χ3v) is 5.19. The Hall–Kier alpha value is -2.21. The van der Waals surface area contributed by atoms with E-state index in [1.807, 2.05) is 53.5 Å².